The van der Waals surface area contributed by atoms with Crippen LogP contribution in [0.3, 0.4) is 0 Å². The Hall–Kier alpha value is -2.01. The van der Waals surface area contributed by atoms with Gasteiger partial charge in [-0.2, -0.15) is 0 Å². The predicted octanol–water partition coefficient (Wildman–Crippen LogP) is 3.72. The van der Waals surface area contributed by atoms with Gasteiger partial charge in [0.2, 0.25) is 0 Å². The Bertz CT molecular complexity index is 686. The molecule has 3 nitrogen and oxygen atoms in total. The molecule has 122 valence electrons. The molecular formula is C18H22FN3S. The van der Waals surface area contributed by atoms with Gasteiger partial charge in [0, 0.05) is 25.0 Å². The van der Waals surface area contributed by atoms with E-state index in [0.717, 1.165) is 5.56 Å². The first-order chi connectivity index (χ1) is 11.1. The molecule has 0 saturated heterocycles. The molecule has 0 atom stereocenters. The molecular weight excluding hydrogens is 309 g/mol. The molecule has 23 heavy (non-hydrogen) atoms. The summed E-state index contributed by atoms with van der Waals surface area (Å²) in [4.78, 5) is 5.47. The van der Waals surface area contributed by atoms with Crippen LogP contribution in [0.25, 0.3) is 0 Å². The van der Waals surface area contributed by atoms with Crippen molar-refractivity contribution in [2.24, 2.45) is 4.99 Å². The van der Waals surface area contributed by atoms with Gasteiger partial charge in [0.1, 0.15) is 5.82 Å². The highest BCUT2D eigenvalue weighted by atomic mass is 32.2. The topological polar surface area (TPSA) is 36.4 Å². The fraction of sp³-hybridized carbons (Fsp3) is 0.278. The Balaban J connectivity index is 1.93. The lowest BCUT2D eigenvalue weighted by molar-refractivity contribution is 0.624. The number of guanidine groups is 1. The van der Waals surface area contributed by atoms with Gasteiger partial charge in [-0.15, -0.1) is 11.8 Å². The number of aliphatic imine (C=N–C) groups is 1. The number of nitrogens with one attached hydrogen (secondary N) is 2. The molecule has 0 saturated carbocycles. The first-order valence-electron chi connectivity index (χ1n) is 7.45. The molecule has 2 aromatic rings. The third-order valence-electron chi connectivity index (χ3n) is 3.46. The number of rotatable bonds is 5. The first kappa shape index (κ1) is 17.3. The number of thioether (sulfide) groups is 1. The minimum atomic E-state index is -0.225. The van der Waals surface area contributed by atoms with E-state index in [1.54, 1.807) is 24.9 Å². The molecule has 0 radical (unpaired) electrons. The quantitative estimate of drug-likeness (QED) is 0.498. The smallest absolute Gasteiger partial charge is 0.191 e. The van der Waals surface area contributed by atoms with Crippen molar-refractivity contribution in [1.82, 2.24) is 10.6 Å². The van der Waals surface area contributed by atoms with E-state index in [4.69, 9.17) is 0 Å². The number of hydrogen-bond donors (Lipinski definition) is 2. The van der Waals surface area contributed by atoms with Crippen LogP contribution in [0, 0.1) is 12.7 Å². The van der Waals surface area contributed by atoms with E-state index in [-0.39, 0.29) is 5.82 Å². The highest BCUT2D eigenvalue weighted by Gasteiger charge is 2.04. The summed E-state index contributed by atoms with van der Waals surface area (Å²) in [5.41, 5.74) is 3.37. The van der Waals surface area contributed by atoms with Gasteiger partial charge in [0.15, 0.2) is 5.96 Å². The van der Waals surface area contributed by atoms with Crippen molar-refractivity contribution in [2.75, 3.05) is 13.3 Å². The predicted molar refractivity (Wildman–Crippen MR) is 96.4 cm³/mol. The van der Waals surface area contributed by atoms with E-state index >= 15 is 0 Å². The molecule has 0 aliphatic heterocycles. The van der Waals surface area contributed by atoms with Crippen LogP contribution in [0.1, 0.15) is 16.7 Å². The number of aryl methyl sites for hydroxylation is 1. The van der Waals surface area contributed by atoms with Crippen molar-refractivity contribution < 1.29 is 4.39 Å². The van der Waals surface area contributed by atoms with Gasteiger partial charge < -0.3 is 10.6 Å². The van der Waals surface area contributed by atoms with Crippen molar-refractivity contribution in [1.29, 1.82) is 0 Å². The molecule has 2 N–H and O–H groups in total. The average molecular weight is 331 g/mol. The molecule has 0 spiro atoms. The van der Waals surface area contributed by atoms with Crippen molar-refractivity contribution in [3.05, 3.63) is 65.0 Å². The molecule has 0 aliphatic rings. The van der Waals surface area contributed by atoms with Crippen LogP contribution in [0.4, 0.5) is 4.39 Å². The van der Waals surface area contributed by atoms with E-state index in [0.29, 0.717) is 19.0 Å². The van der Waals surface area contributed by atoms with Crippen molar-refractivity contribution in [3.8, 4) is 0 Å². The van der Waals surface area contributed by atoms with Gasteiger partial charge in [-0.3, -0.25) is 4.99 Å². The second kappa shape index (κ2) is 8.58. The summed E-state index contributed by atoms with van der Waals surface area (Å²) in [6.07, 6.45) is 2.08. The van der Waals surface area contributed by atoms with E-state index in [2.05, 4.69) is 47.0 Å². The number of benzene rings is 2. The Labute approximate surface area is 141 Å². The van der Waals surface area contributed by atoms with Gasteiger partial charge in [-0.1, -0.05) is 24.3 Å². The minimum Gasteiger partial charge on any atom is -0.352 e. The molecule has 0 bridgehead atoms. The SMILES string of the molecule is CN=C(NCc1cccc(F)c1)NCc1ccc(C)cc1SC. The second-order valence-electron chi connectivity index (χ2n) is 5.22. The molecule has 0 amide bonds. The Kier molecular flexibility index (Phi) is 6.47. The monoisotopic (exact) mass is 331 g/mol. The maximum Gasteiger partial charge on any atom is 0.191 e. The fourth-order valence-electron chi connectivity index (χ4n) is 2.23. The third-order valence-corrected chi connectivity index (χ3v) is 4.28. The van der Waals surface area contributed by atoms with E-state index in [9.17, 15) is 4.39 Å². The summed E-state index contributed by atoms with van der Waals surface area (Å²) >= 11 is 1.74. The lowest BCUT2D eigenvalue weighted by atomic mass is 10.1. The largest absolute Gasteiger partial charge is 0.352 e. The number of nitrogens with zero attached hydrogens (tertiary/aromatic N) is 1. The zero-order valence-corrected chi connectivity index (χ0v) is 14.5. The second-order valence-corrected chi connectivity index (χ2v) is 6.07. The van der Waals surface area contributed by atoms with Gasteiger partial charge in [-0.05, 0) is 48.1 Å². The van der Waals surface area contributed by atoms with Crippen LogP contribution in [0.5, 0.6) is 0 Å². The number of halogens is 1. The molecule has 0 aliphatic carbocycles. The molecule has 0 heterocycles. The lowest BCUT2D eigenvalue weighted by Crippen LogP contribution is -2.36. The van der Waals surface area contributed by atoms with Crippen molar-refractivity contribution in [3.63, 3.8) is 0 Å². The maximum absolute atomic E-state index is 13.2. The van der Waals surface area contributed by atoms with Crippen LogP contribution < -0.4 is 10.6 Å². The Morgan fingerprint density at radius 3 is 2.61 bits per heavy atom. The summed E-state index contributed by atoms with van der Waals surface area (Å²) in [6.45, 7) is 3.32. The Morgan fingerprint density at radius 1 is 1.13 bits per heavy atom. The molecule has 0 fully saturated rings. The van der Waals surface area contributed by atoms with Gasteiger partial charge in [0.05, 0.1) is 0 Å². The summed E-state index contributed by atoms with van der Waals surface area (Å²) in [5, 5.41) is 6.49. The zero-order valence-electron chi connectivity index (χ0n) is 13.7. The van der Waals surface area contributed by atoms with Crippen molar-refractivity contribution in [2.45, 2.75) is 24.9 Å². The molecule has 2 aromatic carbocycles. The highest BCUT2D eigenvalue weighted by molar-refractivity contribution is 7.98. The average Bonchev–Trinajstić information content (AvgIpc) is 2.56. The van der Waals surface area contributed by atoms with Gasteiger partial charge in [0.25, 0.3) is 0 Å². The van der Waals surface area contributed by atoms with E-state index in [1.165, 1.54) is 28.2 Å². The van der Waals surface area contributed by atoms with E-state index < -0.39 is 0 Å². The summed E-state index contributed by atoms with van der Waals surface area (Å²) in [6, 6.07) is 13.0. The zero-order chi connectivity index (χ0) is 16.7. The summed E-state index contributed by atoms with van der Waals surface area (Å²) in [5.74, 6) is 0.471. The maximum atomic E-state index is 13.2. The first-order valence-corrected chi connectivity index (χ1v) is 8.67. The fourth-order valence-corrected chi connectivity index (χ4v) is 2.94. The van der Waals surface area contributed by atoms with Crippen LogP contribution >= 0.6 is 11.8 Å². The van der Waals surface area contributed by atoms with Crippen LogP contribution in [-0.4, -0.2) is 19.3 Å². The normalized spacial score (nSPS) is 11.4. The molecule has 2 rings (SSSR count). The molecule has 0 aromatic heterocycles. The summed E-state index contributed by atoms with van der Waals surface area (Å²) < 4.78 is 13.2. The van der Waals surface area contributed by atoms with Crippen LogP contribution in [0.2, 0.25) is 0 Å². The molecule has 0 unspecified atom stereocenters. The minimum absolute atomic E-state index is 0.225. The van der Waals surface area contributed by atoms with Crippen LogP contribution in [0.15, 0.2) is 52.4 Å². The lowest BCUT2D eigenvalue weighted by Gasteiger charge is -2.14. The third kappa shape index (κ3) is 5.28. The Morgan fingerprint density at radius 2 is 1.91 bits per heavy atom. The van der Waals surface area contributed by atoms with Crippen LogP contribution in [-0.2, 0) is 13.1 Å². The summed E-state index contributed by atoms with van der Waals surface area (Å²) in [7, 11) is 1.73. The number of hydrogen-bond acceptors (Lipinski definition) is 2. The van der Waals surface area contributed by atoms with Gasteiger partial charge in [-0.25, -0.2) is 4.39 Å². The standard InChI is InChI=1S/C18H22FN3S/c1-13-7-8-15(17(9-13)23-3)12-22-18(20-2)21-11-14-5-4-6-16(19)10-14/h4-10H,11-12H2,1-3H3,(H2,20,21,22). The van der Waals surface area contributed by atoms with Crippen molar-refractivity contribution >= 4 is 17.7 Å². The molecule has 5 heteroatoms. The highest BCUT2D eigenvalue weighted by Crippen LogP contribution is 2.21. The van der Waals surface area contributed by atoms with E-state index in [1.807, 2.05) is 6.07 Å². The van der Waals surface area contributed by atoms with Gasteiger partial charge >= 0.3 is 0 Å².